The summed E-state index contributed by atoms with van der Waals surface area (Å²) in [6, 6.07) is -0.433. The lowest BCUT2D eigenvalue weighted by molar-refractivity contribution is 0.0957. The molecule has 4 N–H and O–H groups in total. The van der Waals surface area contributed by atoms with E-state index in [1.54, 1.807) is 11.8 Å². The number of amides is 4. The number of hydrogen-bond donors (Lipinski definition) is 3. The van der Waals surface area contributed by atoms with Crippen LogP contribution in [0.4, 0.5) is 14.6 Å². The highest BCUT2D eigenvalue weighted by Crippen LogP contribution is 2.36. The number of nitrogens with two attached hydrogens (primary N) is 1. The van der Waals surface area contributed by atoms with Gasteiger partial charge in [0.15, 0.2) is 0 Å². The Morgan fingerprint density at radius 1 is 1.33 bits per heavy atom. The van der Waals surface area contributed by atoms with Crippen LogP contribution in [-0.4, -0.2) is 55.3 Å². The van der Waals surface area contributed by atoms with E-state index in [-0.39, 0.29) is 18.2 Å². The molecule has 2 aliphatic heterocycles. The molecule has 10 heteroatoms. The fourth-order valence-corrected chi connectivity index (χ4v) is 4.51. The topological polar surface area (TPSA) is 123 Å². The van der Waals surface area contributed by atoms with Gasteiger partial charge in [0.2, 0.25) is 0 Å². The molecule has 0 aromatic carbocycles. The Balaban J connectivity index is 1.57. The summed E-state index contributed by atoms with van der Waals surface area (Å²) in [6.45, 7) is 4.13. The first-order chi connectivity index (χ1) is 13.0. The van der Waals surface area contributed by atoms with Gasteiger partial charge in [0.05, 0.1) is 25.4 Å². The number of ether oxygens (including phenoxy) is 2. The molecule has 2 aliphatic rings. The quantitative estimate of drug-likeness (QED) is 0.714. The minimum Gasteiger partial charge on any atom is -0.450 e. The molecule has 0 aliphatic carbocycles. The summed E-state index contributed by atoms with van der Waals surface area (Å²) >= 11 is 1.32. The second kappa shape index (κ2) is 8.57. The minimum atomic E-state index is -0.549. The second-order valence-electron chi connectivity index (χ2n) is 6.43. The molecule has 1 fully saturated rings. The molecule has 9 nitrogen and oxygen atoms in total. The zero-order valence-electron chi connectivity index (χ0n) is 15.2. The highest BCUT2D eigenvalue weighted by atomic mass is 32.1. The molecule has 0 atom stereocenters. The van der Waals surface area contributed by atoms with Gasteiger partial charge in [0, 0.05) is 24.0 Å². The third kappa shape index (κ3) is 4.51. The van der Waals surface area contributed by atoms with Crippen molar-refractivity contribution in [3.05, 3.63) is 16.0 Å². The number of nitrogens with zero attached hydrogens (tertiary/aromatic N) is 1. The number of piperidine rings is 1. The maximum atomic E-state index is 12.4. The number of rotatable bonds is 4. The van der Waals surface area contributed by atoms with Crippen LogP contribution in [0.5, 0.6) is 0 Å². The van der Waals surface area contributed by atoms with E-state index in [9.17, 15) is 14.4 Å². The van der Waals surface area contributed by atoms with Crippen LogP contribution < -0.4 is 16.4 Å². The van der Waals surface area contributed by atoms with E-state index in [1.807, 2.05) is 0 Å². The van der Waals surface area contributed by atoms with Gasteiger partial charge < -0.3 is 25.4 Å². The van der Waals surface area contributed by atoms with Gasteiger partial charge in [-0.3, -0.25) is 10.1 Å². The molecule has 148 valence electrons. The molecule has 0 spiro atoms. The van der Waals surface area contributed by atoms with Crippen molar-refractivity contribution in [1.29, 1.82) is 0 Å². The summed E-state index contributed by atoms with van der Waals surface area (Å²) in [4.78, 5) is 38.5. The van der Waals surface area contributed by atoms with Gasteiger partial charge >= 0.3 is 12.1 Å². The van der Waals surface area contributed by atoms with Crippen LogP contribution in [0.3, 0.4) is 0 Å². The number of anilines is 1. The van der Waals surface area contributed by atoms with E-state index >= 15 is 0 Å². The fourth-order valence-electron chi connectivity index (χ4n) is 3.33. The van der Waals surface area contributed by atoms with E-state index in [1.165, 1.54) is 11.3 Å². The Labute approximate surface area is 161 Å². The average molecular weight is 396 g/mol. The van der Waals surface area contributed by atoms with Crippen LogP contribution >= 0.6 is 11.3 Å². The lowest BCUT2D eigenvalue weighted by Gasteiger charge is -2.31. The summed E-state index contributed by atoms with van der Waals surface area (Å²) in [5.41, 5.74) is 6.77. The maximum Gasteiger partial charge on any atom is 0.409 e. The number of carbonyl (C=O) groups is 3. The van der Waals surface area contributed by atoms with Gasteiger partial charge in [-0.2, -0.15) is 0 Å². The van der Waals surface area contributed by atoms with Gasteiger partial charge in [0.25, 0.3) is 5.91 Å². The average Bonchev–Trinajstić information content (AvgIpc) is 3.00. The molecule has 0 radical (unpaired) electrons. The molecule has 0 bridgehead atoms. The number of urea groups is 1. The van der Waals surface area contributed by atoms with Crippen LogP contribution in [0.15, 0.2) is 0 Å². The van der Waals surface area contributed by atoms with Crippen molar-refractivity contribution in [1.82, 2.24) is 10.2 Å². The molecule has 1 aromatic heterocycles. The van der Waals surface area contributed by atoms with Gasteiger partial charge in [-0.05, 0) is 31.7 Å². The highest BCUT2D eigenvalue weighted by molar-refractivity contribution is 7.17. The Morgan fingerprint density at radius 2 is 2.07 bits per heavy atom. The Bertz CT molecular complexity index is 727. The van der Waals surface area contributed by atoms with E-state index in [4.69, 9.17) is 15.2 Å². The van der Waals surface area contributed by atoms with Crippen molar-refractivity contribution in [3.8, 4) is 0 Å². The molecular formula is C17H24N4O5S. The van der Waals surface area contributed by atoms with E-state index < -0.39 is 5.91 Å². The third-order valence-electron chi connectivity index (χ3n) is 4.65. The summed E-state index contributed by atoms with van der Waals surface area (Å²) in [5.74, 6) is -0.549. The van der Waals surface area contributed by atoms with Gasteiger partial charge in [-0.1, -0.05) is 0 Å². The van der Waals surface area contributed by atoms with Crippen LogP contribution in [0.25, 0.3) is 0 Å². The number of primary amides is 1. The van der Waals surface area contributed by atoms with E-state index in [2.05, 4.69) is 10.6 Å². The molecule has 1 aromatic rings. The summed E-state index contributed by atoms with van der Waals surface area (Å²) in [6.07, 6.45) is 1.57. The number of fused-ring (bicyclic) bond motifs is 1. The Kier molecular flexibility index (Phi) is 6.17. The first-order valence-corrected chi connectivity index (χ1v) is 9.82. The SMILES string of the molecule is CCOC(=O)N1CCC(NC(=O)Nc2sc3c(c2C(N)=O)CCOC3)CC1. The molecular weight excluding hydrogens is 372 g/mol. The van der Waals surface area contributed by atoms with Crippen LogP contribution in [-0.2, 0) is 22.5 Å². The molecule has 0 saturated carbocycles. The number of carbonyl (C=O) groups excluding carboxylic acids is 3. The summed E-state index contributed by atoms with van der Waals surface area (Å²) in [7, 11) is 0. The van der Waals surface area contributed by atoms with Gasteiger partial charge in [0.1, 0.15) is 5.00 Å². The van der Waals surface area contributed by atoms with Crippen LogP contribution in [0, 0.1) is 0 Å². The van der Waals surface area contributed by atoms with Crippen molar-refractivity contribution < 1.29 is 23.9 Å². The normalized spacial score (nSPS) is 17.1. The van der Waals surface area contributed by atoms with Crippen molar-refractivity contribution in [2.45, 2.75) is 38.8 Å². The van der Waals surface area contributed by atoms with Crippen molar-refractivity contribution >= 4 is 34.4 Å². The monoisotopic (exact) mass is 396 g/mol. The number of hydrogen-bond acceptors (Lipinski definition) is 6. The lowest BCUT2D eigenvalue weighted by Crippen LogP contribution is -2.47. The van der Waals surface area contributed by atoms with Crippen LogP contribution in [0.1, 0.15) is 40.6 Å². The highest BCUT2D eigenvalue weighted by Gasteiger charge is 2.27. The minimum absolute atomic E-state index is 0.0503. The fraction of sp³-hybridized carbons (Fsp3) is 0.588. The van der Waals surface area contributed by atoms with E-state index in [0.29, 0.717) is 62.7 Å². The molecule has 1 saturated heterocycles. The second-order valence-corrected chi connectivity index (χ2v) is 7.54. The molecule has 4 amide bonds. The number of likely N-dealkylation sites (tertiary alicyclic amines) is 1. The largest absolute Gasteiger partial charge is 0.450 e. The predicted octanol–water partition coefficient (Wildman–Crippen LogP) is 1.66. The predicted molar refractivity (Wildman–Crippen MR) is 100.0 cm³/mol. The van der Waals surface area contributed by atoms with Gasteiger partial charge in [-0.15, -0.1) is 11.3 Å². The first-order valence-electron chi connectivity index (χ1n) is 9.00. The standard InChI is InChI=1S/C17H24N4O5S/c1-2-26-17(24)21-6-3-10(4-7-21)19-16(23)20-15-13(14(18)22)11-5-8-25-9-12(11)27-15/h10H,2-9H2,1H3,(H2,18,22)(H2,19,20,23). The molecule has 27 heavy (non-hydrogen) atoms. The molecule has 3 heterocycles. The number of thiophene rings is 1. The number of nitrogens with one attached hydrogen (secondary N) is 2. The van der Waals surface area contributed by atoms with Crippen molar-refractivity contribution in [3.63, 3.8) is 0 Å². The van der Waals surface area contributed by atoms with E-state index in [0.717, 1.165) is 10.4 Å². The Hall–Kier alpha value is -2.33. The summed E-state index contributed by atoms with van der Waals surface area (Å²) in [5, 5.41) is 6.12. The first kappa shape index (κ1) is 19.4. The van der Waals surface area contributed by atoms with Crippen molar-refractivity contribution in [2.75, 3.05) is 31.6 Å². The zero-order chi connectivity index (χ0) is 19.4. The third-order valence-corrected chi connectivity index (χ3v) is 5.77. The lowest BCUT2D eigenvalue weighted by atomic mass is 10.1. The van der Waals surface area contributed by atoms with Gasteiger partial charge in [-0.25, -0.2) is 9.59 Å². The maximum absolute atomic E-state index is 12.4. The zero-order valence-corrected chi connectivity index (χ0v) is 16.0. The Morgan fingerprint density at radius 3 is 2.74 bits per heavy atom. The summed E-state index contributed by atoms with van der Waals surface area (Å²) < 4.78 is 10.4. The molecule has 3 rings (SSSR count). The van der Waals surface area contributed by atoms with Crippen molar-refractivity contribution in [2.24, 2.45) is 5.73 Å². The smallest absolute Gasteiger partial charge is 0.409 e. The van der Waals surface area contributed by atoms with Crippen LogP contribution in [0.2, 0.25) is 0 Å². The molecule has 0 unspecified atom stereocenters.